The second-order valence-electron chi connectivity index (χ2n) is 9.83. The molecule has 2 aromatic carbocycles. The largest absolute Gasteiger partial charge is 0.465 e. The van der Waals surface area contributed by atoms with Gasteiger partial charge in [-0.2, -0.15) is 0 Å². The van der Waals surface area contributed by atoms with E-state index in [4.69, 9.17) is 5.73 Å². The number of carbonyl (C=O) groups excluding carboxylic acids is 2. The number of amides is 1. The van der Waals surface area contributed by atoms with Crippen LogP contribution in [0.1, 0.15) is 55.5 Å². The molecule has 0 spiro atoms. The molecule has 0 aliphatic heterocycles. The molecule has 1 amide bonds. The van der Waals surface area contributed by atoms with E-state index in [0.29, 0.717) is 5.69 Å². The zero-order valence-electron chi connectivity index (χ0n) is 20.8. The number of aromatic nitrogens is 2. The number of carboxylic acid groups (broad SMARTS) is 1. The quantitative estimate of drug-likeness (QED) is 0.188. The predicted molar refractivity (Wildman–Crippen MR) is 139 cm³/mol. The number of hydrogen-bond acceptors (Lipinski definition) is 6. The third-order valence-corrected chi connectivity index (χ3v) is 7.34. The number of H-pyrrole nitrogens is 1. The van der Waals surface area contributed by atoms with Gasteiger partial charge < -0.3 is 15.8 Å². The molecule has 37 heavy (non-hydrogen) atoms. The monoisotopic (exact) mass is 503 g/mol. The summed E-state index contributed by atoms with van der Waals surface area (Å²) in [5.41, 5.74) is 6.42. The Morgan fingerprint density at radius 3 is 2.30 bits per heavy atom. The van der Waals surface area contributed by atoms with Gasteiger partial charge in [0.15, 0.2) is 17.2 Å². The minimum Gasteiger partial charge on any atom is -0.465 e. The highest BCUT2D eigenvalue weighted by Crippen LogP contribution is 2.46. The molecule has 1 saturated carbocycles. The third kappa shape index (κ3) is 5.79. The molecule has 1 fully saturated rings. The number of Topliss-reactive ketones (excluding diaryl/α,β-unsaturated/α-hetero) is 2. The van der Waals surface area contributed by atoms with Crippen molar-refractivity contribution in [3.05, 3.63) is 90.0 Å². The van der Waals surface area contributed by atoms with Gasteiger partial charge in [0, 0.05) is 30.5 Å². The van der Waals surface area contributed by atoms with Crippen molar-refractivity contribution >= 4 is 17.7 Å². The van der Waals surface area contributed by atoms with Crippen molar-refractivity contribution in [3.8, 4) is 0 Å². The fourth-order valence-corrected chi connectivity index (χ4v) is 5.21. The summed E-state index contributed by atoms with van der Waals surface area (Å²) in [7, 11) is 0. The molecule has 1 unspecified atom stereocenters. The van der Waals surface area contributed by atoms with Crippen LogP contribution in [0.2, 0.25) is 0 Å². The van der Waals surface area contributed by atoms with E-state index in [2.05, 4.69) is 20.6 Å². The lowest BCUT2D eigenvalue weighted by Gasteiger charge is -2.43. The molecular formula is C28H33N5O4. The summed E-state index contributed by atoms with van der Waals surface area (Å²) < 4.78 is 0. The maximum Gasteiger partial charge on any atom is 0.406 e. The molecule has 4 rings (SSSR count). The molecule has 3 aromatic rings. The van der Waals surface area contributed by atoms with E-state index in [9.17, 15) is 19.5 Å². The normalized spacial score (nSPS) is 17.6. The lowest BCUT2D eigenvalue weighted by atomic mass is 9.61. The summed E-state index contributed by atoms with van der Waals surface area (Å²) in [6.45, 7) is 1.82. The SMILES string of the molecule is C[C@H](N[C@@](Cc1c[nH]cn1)(NC(=O)O)C(=O)C(N)C(=O)CC1(c2ccccc2)CCC1)c1ccccc1. The lowest BCUT2D eigenvalue weighted by Crippen LogP contribution is -2.70. The number of carbonyl (C=O) groups is 3. The Morgan fingerprint density at radius 1 is 1.11 bits per heavy atom. The highest BCUT2D eigenvalue weighted by atomic mass is 16.4. The number of benzene rings is 2. The van der Waals surface area contributed by atoms with Gasteiger partial charge in [-0.25, -0.2) is 9.78 Å². The van der Waals surface area contributed by atoms with Crippen LogP contribution >= 0.6 is 0 Å². The number of imidazole rings is 1. The predicted octanol–water partition coefficient (Wildman–Crippen LogP) is 3.24. The first-order valence-corrected chi connectivity index (χ1v) is 12.4. The van der Waals surface area contributed by atoms with Crippen molar-refractivity contribution in [2.24, 2.45) is 5.73 Å². The van der Waals surface area contributed by atoms with Crippen molar-refractivity contribution in [1.29, 1.82) is 0 Å². The van der Waals surface area contributed by atoms with Gasteiger partial charge in [-0.05, 0) is 30.9 Å². The Hall–Kier alpha value is -3.82. The molecule has 9 nitrogen and oxygen atoms in total. The molecule has 1 aromatic heterocycles. The van der Waals surface area contributed by atoms with Gasteiger partial charge in [0.1, 0.15) is 6.04 Å². The Bertz CT molecular complexity index is 1210. The van der Waals surface area contributed by atoms with E-state index in [1.165, 1.54) is 6.33 Å². The topological polar surface area (TPSA) is 150 Å². The minimum atomic E-state index is -1.88. The van der Waals surface area contributed by atoms with Crippen molar-refractivity contribution in [3.63, 3.8) is 0 Å². The molecule has 0 bridgehead atoms. The zero-order chi connectivity index (χ0) is 26.5. The van der Waals surface area contributed by atoms with Crippen LogP contribution in [-0.2, 0) is 21.4 Å². The highest BCUT2D eigenvalue weighted by Gasteiger charge is 2.48. The summed E-state index contributed by atoms with van der Waals surface area (Å²) in [4.78, 5) is 46.5. The molecule has 1 aliphatic rings. The second kappa shape index (κ2) is 11.1. The van der Waals surface area contributed by atoms with Crippen LogP contribution < -0.4 is 16.4 Å². The van der Waals surface area contributed by atoms with Crippen LogP contribution in [0, 0.1) is 0 Å². The number of rotatable bonds is 12. The summed E-state index contributed by atoms with van der Waals surface area (Å²) in [6.07, 6.45) is 4.23. The minimum absolute atomic E-state index is 0.115. The van der Waals surface area contributed by atoms with Crippen LogP contribution in [0.3, 0.4) is 0 Å². The molecule has 1 heterocycles. The van der Waals surface area contributed by atoms with Gasteiger partial charge >= 0.3 is 6.09 Å². The summed E-state index contributed by atoms with van der Waals surface area (Å²) in [5, 5.41) is 15.3. The van der Waals surface area contributed by atoms with Crippen LogP contribution in [0.4, 0.5) is 4.79 Å². The summed E-state index contributed by atoms with van der Waals surface area (Å²) >= 11 is 0. The second-order valence-corrected chi connectivity index (χ2v) is 9.83. The first-order valence-electron chi connectivity index (χ1n) is 12.4. The molecule has 6 N–H and O–H groups in total. The first kappa shape index (κ1) is 26.2. The van der Waals surface area contributed by atoms with E-state index in [1.54, 1.807) is 6.20 Å². The number of hydrogen-bond donors (Lipinski definition) is 5. The van der Waals surface area contributed by atoms with Gasteiger partial charge in [0.2, 0.25) is 0 Å². The van der Waals surface area contributed by atoms with Gasteiger partial charge in [0.05, 0.1) is 12.0 Å². The molecule has 3 atom stereocenters. The lowest BCUT2D eigenvalue weighted by molar-refractivity contribution is -0.135. The zero-order valence-corrected chi connectivity index (χ0v) is 20.8. The Balaban J connectivity index is 1.64. The molecular weight excluding hydrogens is 470 g/mol. The average Bonchev–Trinajstić information content (AvgIpc) is 3.38. The number of ketones is 2. The summed E-state index contributed by atoms with van der Waals surface area (Å²) in [6, 6.07) is 17.1. The maximum absolute atomic E-state index is 14.0. The number of nitrogens with one attached hydrogen (secondary N) is 3. The van der Waals surface area contributed by atoms with E-state index in [-0.39, 0.29) is 18.3 Å². The molecule has 194 valence electrons. The van der Waals surface area contributed by atoms with E-state index < -0.39 is 35.4 Å². The van der Waals surface area contributed by atoms with Crippen LogP contribution in [0.5, 0.6) is 0 Å². The van der Waals surface area contributed by atoms with E-state index in [0.717, 1.165) is 30.4 Å². The van der Waals surface area contributed by atoms with Crippen LogP contribution in [0.15, 0.2) is 73.2 Å². The Morgan fingerprint density at radius 2 is 1.76 bits per heavy atom. The maximum atomic E-state index is 14.0. The Kier molecular flexibility index (Phi) is 7.85. The molecule has 9 heteroatoms. The highest BCUT2D eigenvalue weighted by molar-refractivity contribution is 6.11. The number of aromatic amines is 1. The fraction of sp³-hybridized carbons (Fsp3) is 0.357. The van der Waals surface area contributed by atoms with Gasteiger partial charge in [-0.1, -0.05) is 67.1 Å². The van der Waals surface area contributed by atoms with Crippen molar-refractivity contribution in [1.82, 2.24) is 20.6 Å². The van der Waals surface area contributed by atoms with Crippen LogP contribution in [-0.4, -0.2) is 44.4 Å². The smallest absolute Gasteiger partial charge is 0.406 e. The molecule has 0 radical (unpaired) electrons. The molecule has 0 saturated heterocycles. The summed E-state index contributed by atoms with van der Waals surface area (Å²) in [5.74, 6) is -1.16. The van der Waals surface area contributed by atoms with Crippen molar-refractivity contribution in [2.45, 2.75) is 62.2 Å². The number of nitrogens with zero attached hydrogens (tertiary/aromatic N) is 1. The average molecular weight is 504 g/mol. The van der Waals surface area contributed by atoms with E-state index in [1.807, 2.05) is 67.6 Å². The van der Waals surface area contributed by atoms with Crippen LogP contribution in [0.25, 0.3) is 0 Å². The van der Waals surface area contributed by atoms with Crippen molar-refractivity contribution < 1.29 is 19.5 Å². The fourth-order valence-electron chi connectivity index (χ4n) is 5.21. The molecule has 1 aliphatic carbocycles. The standard InChI is InChI=1S/C28H33N5O4/c1-19(20-9-4-2-5-10-20)32-28(33-26(36)37,15-22-17-30-18-31-22)25(35)24(29)23(34)16-27(13-8-14-27)21-11-6-3-7-12-21/h2-7,9-12,17-19,24,32-33H,8,13-16,29H2,1H3,(H,30,31)(H,36,37)/t19-,24?,28-/m0/s1. The number of nitrogens with two attached hydrogens (primary N) is 1. The first-order chi connectivity index (χ1) is 17.7. The van der Waals surface area contributed by atoms with Crippen molar-refractivity contribution in [2.75, 3.05) is 0 Å². The third-order valence-electron chi connectivity index (χ3n) is 7.34. The van der Waals surface area contributed by atoms with Gasteiger partial charge in [-0.15, -0.1) is 0 Å². The van der Waals surface area contributed by atoms with E-state index >= 15 is 0 Å². The van der Waals surface area contributed by atoms with Gasteiger partial charge in [0.25, 0.3) is 0 Å². The van der Waals surface area contributed by atoms with Gasteiger partial charge in [-0.3, -0.25) is 20.2 Å². The Labute approximate surface area is 215 Å².